The monoisotopic (exact) mass is 445 g/mol. The van der Waals surface area contributed by atoms with Gasteiger partial charge in [0.05, 0.1) is 6.04 Å². The van der Waals surface area contributed by atoms with Gasteiger partial charge in [-0.3, -0.25) is 4.79 Å². The number of amides is 1. The van der Waals surface area contributed by atoms with E-state index < -0.39 is 11.3 Å². The summed E-state index contributed by atoms with van der Waals surface area (Å²) < 4.78 is 15.4. The van der Waals surface area contributed by atoms with Crippen molar-refractivity contribution in [3.63, 3.8) is 0 Å². The van der Waals surface area contributed by atoms with E-state index in [9.17, 15) is 9.18 Å². The molecule has 1 aliphatic rings. The fourth-order valence-corrected chi connectivity index (χ4v) is 4.75. The summed E-state index contributed by atoms with van der Waals surface area (Å²) in [7, 11) is 0. The van der Waals surface area contributed by atoms with Crippen LogP contribution in [0.5, 0.6) is 0 Å². The molecular formula is C24H20FN5OS. The zero-order chi connectivity index (χ0) is 22.1. The van der Waals surface area contributed by atoms with E-state index in [0.717, 1.165) is 22.4 Å². The van der Waals surface area contributed by atoms with Crippen molar-refractivity contribution >= 4 is 23.4 Å². The first-order valence-electron chi connectivity index (χ1n) is 10.2. The first-order chi connectivity index (χ1) is 15.6. The minimum absolute atomic E-state index is 0.165. The number of halogens is 1. The van der Waals surface area contributed by atoms with E-state index in [1.54, 1.807) is 16.8 Å². The van der Waals surface area contributed by atoms with E-state index in [0.29, 0.717) is 11.0 Å². The van der Waals surface area contributed by atoms with Crippen LogP contribution in [0, 0.1) is 12.7 Å². The highest BCUT2D eigenvalue weighted by atomic mass is 32.2. The molecule has 3 aromatic carbocycles. The van der Waals surface area contributed by atoms with Gasteiger partial charge in [-0.2, -0.15) is 0 Å². The van der Waals surface area contributed by atoms with Gasteiger partial charge in [-0.1, -0.05) is 72.4 Å². The van der Waals surface area contributed by atoms with Crippen molar-refractivity contribution in [3.8, 4) is 11.4 Å². The smallest absolute Gasteiger partial charge is 0.240 e. The molecule has 160 valence electrons. The summed E-state index contributed by atoms with van der Waals surface area (Å²) >= 11 is 1.33. The maximum atomic E-state index is 13.6. The number of carbonyl (C=O) groups is 1. The average Bonchev–Trinajstić information content (AvgIpc) is 3.24. The maximum absolute atomic E-state index is 13.6. The summed E-state index contributed by atoms with van der Waals surface area (Å²) in [4.78, 5) is 13.4. The first-order valence-corrected chi connectivity index (χ1v) is 11.0. The summed E-state index contributed by atoms with van der Waals surface area (Å²) in [6, 6.07) is 23.1. The van der Waals surface area contributed by atoms with Gasteiger partial charge in [0.25, 0.3) is 0 Å². The Morgan fingerprint density at radius 3 is 2.47 bits per heavy atom. The van der Waals surface area contributed by atoms with Crippen LogP contribution in [0.2, 0.25) is 0 Å². The molecule has 2 N–H and O–H groups in total. The minimum atomic E-state index is -0.541. The van der Waals surface area contributed by atoms with Gasteiger partial charge in [-0.05, 0) is 36.2 Å². The number of para-hydroxylation sites is 1. The number of nitrogens with zero attached hydrogens (tertiary/aromatic N) is 3. The van der Waals surface area contributed by atoms with Crippen molar-refractivity contribution in [1.29, 1.82) is 0 Å². The normalized spacial score (nSPS) is 17.3. The SMILES string of the molecule is Cc1ccccc1NC(=O)C1Sc2nnc(-c3ccccc3)n2NC1c1ccc(F)cc1. The van der Waals surface area contributed by atoms with Crippen LogP contribution in [0.15, 0.2) is 84.0 Å². The number of aryl methyl sites for hydroxylation is 1. The van der Waals surface area contributed by atoms with E-state index in [4.69, 9.17) is 0 Å². The van der Waals surface area contributed by atoms with E-state index in [-0.39, 0.29) is 11.7 Å². The number of hydrogen-bond acceptors (Lipinski definition) is 5. The highest BCUT2D eigenvalue weighted by Crippen LogP contribution is 2.39. The molecule has 1 amide bonds. The number of fused-ring (bicyclic) bond motifs is 1. The van der Waals surface area contributed by atoms with Crippen molar-refractivity contribution in [2.75, 3.05) is 10.7 Å². The number of thioether (sulfide) groups is 1. The Hall–Kier alpha value is -3.65. The lowest BCUT2D eigenvalue weighted by Crippen LogP contribution is -2.41. The second kappa shape index (κ2) is 8.47. The summed E-state index contributed by atoms with van der Waals surface area (Å²) in [5, 5.41) is 11.7. The lowest BCUT2D eigenvalue weighted by molar-refractivity contribution is -0.116. The zero-order valence-corrected chi connectivity index (χ0v) is 18.0. The molecule has 2 heterocycles. The summed E-state index contributed by atoms with van der Waals surface area (Å²) in [6.45, 7) is 1.95. The zero-order valence-electron chi connectivity index (χ0n) is 17.2. The van der Waals surface area contributed by atoms with Crippen LogP contribution in [0.1, 0.15) is 17.2 Å². The number of rotatable bonds is 4. The van der Waals surface area contributed by atoms with Gasteiger partial charge in [0, 0.05) is 11.3 Å². The molecule has 4 aromatic rings. The Kier molecular flexibility index (Phi) is 5.36. The number of benzene rings is 3. The van der Waals surface area contributed by atoms with Gasteiger partial charge in [-0.25, -0.2) is 9.07 Å². The van der Waals surface area contributed by atoms with Crippen molar-refractivity contribution < 1.29 is 9.18 Å². The van der Waals surface area contributed by atoms with Crippen LogP contribution in [0.3, 0.4) is 0 Å². The number of aromatic nitrogens is 3. The minimum Gasteiger partial charge on any atom is -0.325 e. The molecule has 5 rings (SSSR count). The highest BCUT2D eigenvalue weighted by molar-refractivity contribution is 8.00. The lowest BCUT2D eigenvalue weighted by atomic mass is 10.0. The molecule has 32 heavy (non-hydrogen) atoms. The van der Waals surface area contributed by atoms with Crippen LogP contribution in [0.4, 0.5) is 10.1 Å². The molecule has 8 heteroatoms. The van der Waals surface area contributed by atoms with Crippen LogP contribution < -0.4 is 10.7 Å². The fourth-order valence-electron chi connectivity index (χ4n) is 3.67. The molecule has 1 aromatic heterocycles. The topological polar surface area (TPSA) is 71.8 Å². The van der Waals surface area contributed by atoms with E-state index in [1.165, 1.54) is 23.9 Å². The molecule has 0 fully saturated rings. The number of carbonyl (C=O) groups excluding carboxylic acids is 1. The second-order valence-electron chi connectivity index (χ2n) is 7.51. The van der Waals surface area contributed by atoms with Gasteiger partial charge in [0.2, 0.25) is 11.1 Å². The van der Waals surface area contributed by atoms with Crippen LogP contribution in [0.25, 0.3) is 11.4 Å². The molecule has 1 aliphatic heterocycles. The second-order valence-corrected chi connectivity index (χ2v) is 8.62. The van der Waals surface area contributed by atoms with Gasteiger partial charge in [-0.15, -0.1) is 10.2 Å². The molecule has 0 bridgehead atoms. The standard InChI is InChI=1S/C24H20FN5OS/c1-15-7-5-6-10-19(15)26-23(31)21-20(16-11-13-18(25)14-12-16)29-30-22(27-28-24(30)32-21)17-8-3-2-4-9-17/h2-14,20-21,29H,1H3,(H,26,31). The quantitative estimate of drug-likeness (QED) is 0.473. The van der Waals surface area contributed by atoms with Crippen LogP contribution >= 0.6 is 11.8 Å². The Balaban J connectivity index is 1.52. The fraction of sp³-hybridized carbons (Fsp3) is 0.125. The molecular weight excluding hydrogens is 425 g/mol. The van der Waals surface area contributed by atoms with E-state index >= 15 is 0 Å². The molecule has 0 spiro atoms. The van der Waals surface area contributed by atoms with Crippen molar-refractivity contribution in [3.05, 3.63) is 95.8 Å². The largest absolute Gasteiger partial charge is 0.325 e. The predicted octanol–water partition coefficient (Wildman–Crippen LogP) is 4.79. The van der Waals surface area contributed by atoms with Gasteiger partial charge >= 0.3 is 0 Å². The lowest BCUT2D eigenvalue weighted by Gasteiger charge is -2.33. The van der Waals surface area contributed by atoms with Crippen LogP contribution in [-0.2, 0) is 4.79 Å². The third-order valence-electron chi connectivity index (χ3n) is 5.36. The Bertz CT molecular complexity index is 1260. The van der Waals surface area contributed by atoms with Crippen molar-refractivity contribution in [2.24, 2.45) is 0 Å². The first kappa shape index (κ1) is 20.3. The summed E-state index contributed by atoms with van der Waals surface area (Å²) in [5.41, 5.74) is 6.83. The molecule has 0 radical (unpaired) electrons. The van der Waals surface area contributed by atoms with Gasteiger partial charge in [0.15, 0.2) is 5.82 Å². The van der Waals surface area contributed by atoms with Crippen molar-refractivity contribution in [1.82, 2.24) is 14.9 Å². The molecule has 2 atom stereocenters. The van der Waals surface area contributed by atoms with E-state index in [1.807, 2.05) is 61.5 Å². The highest BCUT2D eigenvalue weighted by Gasteiger charge is 2.38. The van der Waals surface area contributed by atoms with E-state index in [2.05, 4.69) is 20.9 Å². The predicted molar refractivity (Wildman–Crippen MR) is 123 cm³/mol. The maximum Gasteiger partial charge on any atom is 0.240 e. The third-order valence-corrected chi connectivity index (χ3v) is 6.57. The summed E-state index contributed by atoms with van der Waals surface area (Å²) in [6.07, 6.45) is 0. The summed E-state index contributed by atoms with van der Waals surface area (Å²) in [5.74, 6) is 0.160. The molecule has 0 saturated heterocycles. The number of nitrogens with one attached hydrogen (secondary N) is 2. The van der Waals surface area contributed by atoms with Gasteiger partial charge < -0.3 is 10.7 Å². The molecule has 0 saturated carbocycles. The van der Waals surface area contributed by atoms with Gasteiger partial charge in [0.1, 0.15) is 11.1 Å². The molecule has 0 aliphatic carbocycles. The number of hydrogen-bond donors (Lipinski definition) is 2. The molecule has 6 nitrogen and oxygen atoms in total. The Morgan fingerprint density at radius 1 is 1.00 bits per heavy atom. The van der Waals surface area contributed by atoms with Crippen LogP contribution in [-0.4, -0.2) is 26.0 Å². The van der Waals surface area contributed by atoms with Crippen molar-refractivity contribution in [2.45, 2.75) is 23.4 Å². The Morgan fingerprint density at radius 2 is 1.72 bits per heavy atom. The Labute approximate surface area is 188 Å². The average molecular weight is 446 g/mol. The molecule has 2 unspecified atom stereocenters. The number of anilines is 1. The third kappa shape index (κ3) is 3.85.